The molecule has 0 fully saturated rings. The number of nitrogens with two attached hydrogens (primary N) is 2. The first-order valence-corrected chi connectivity index (χ1v) is 8.70. The smallest absolute Gasteiger partial charge is 0.235 e. The van der Waals surface area contributed by atoms with Crippen LogP contribution in [0.4, 0.5) is 0 Å². The van der Waals surface area contributed by atoms with Gasteiger partial charge in [-0.2, -0.15) is 0 Å². The van der Waals surface area contributed by atoms with Gasteiger partial charge in [0.1, 0.15) is 5.25 Å². The van der Waals surface area contributed by atoms with E-state index < -0.39 is 17.1 Å². The predicted molar refractivity (Wildman–Crippen MR) is 95.8 cm³/mol. The number of rotatable bonds is 8. The van der Waals surface area contributed by atoms with Crippen molar-refractivity contribution in [2.45, 2.75) is 23.4 Å². The van der Waals surface area contributed by atoms with Crippen molar-refractivity contribution in [2.24, 2.45) is 11.5 Å². The van der Waals surface area contributed by atoms with E-state index in [1.54, 1.807) is 16.7 Å². The molecule has 0 saturated heterocycles. The number of carbonyl (C=O) groups excluding carboxylic acids is 2. The third-order valence-electron chi connectivity index (χ3n) is 3.62. The van der Waals surface area contributed by atoms with Crippen molar-refractivity contribution >= 4 is 23.6 Å². The molecule has 0 saturated carbocycles. The minimum absolute atomic E-state index is 0.103. The second-order valence-electron chi connectivity index (χ2n) is 5.46. The first-order chi connectivity index (χ1) is 12.6. The van der Waals surface area contributed by atoms with Gasteiger partial charge in [-0.1, -0.05) is 42.1 Å². The largest absolute Gasteiger partial charge is 0.461 e. The van der Waals surface area contributed by atoms with E-state index >= 15 is 0 Å². The molecule has 1 aromatic carbocycles. The van der Waals surface area contributed by atoms with Crippen molar-refractivity contribution in [1.82, 2.24) is 14.8 Å². The topological polar surface area (TPSA) is 130 Å². The van der Waals surface area contributed by atoms with Crippen molar-refractivity contribution in [2.75, 3.05) is 0 Å². The average Bonchev–Trinajstić information content (AvgIpc) is 3.27. The third kappa shape index (κ3) is 3.94. The van der Waals surface area contributed by atoms with Gasteiger partial charge in [-0.05, 0) is 17.7 Å². The number of nitrogens with zero attached hydrogens (tertiary/aromatic N) is 3. The maximum Gasteiger partial charge on any atom is 0.235 e. The monoisotopic (exact) mass is 371 g/mol. The molecular formula is C17H17N5O3S. The number of furan rings is 1. The van der Waals surface area contributed by atoms with Gasteiger partial charge in [0, 0.05) is 13.0 Å². The molecule has 0 aliphatic carbocycles. The van der Waals surface area contributed by atoms with Gasteiger partial charge in [-0.25, -0.2) is 0 Å². The van der Waals surface area contributed by atoms with E-state index in [0.29, 0.717) is 16.7 Å². The van der Waals surface area contributed by atoms with E-state index in [4.69, 9.17) is 15.9 Å². The molecule has 4 N–H and O–H groups in total. The highest BCUT2D eigenvalue weighted by Gasteiger charge is 2.24. The molecule has 1 atom stereocenters. The Labute approximate surface area is 153 Å². The Bertz CT molecular complexity index is 893. The minimum Gasteiger partial charge on any atom is -0.461 e. The first-order valence-electron chi connectivity index (χ1n) is 7.82. The van der Waals surface area contributed by atoms with Gasteiger partial charge in [0.05, 0.1) is 6.26 Å². The molecular weight excluding hydrogens is 354 g/mol. The van der Waals surface area contributed by atoms with Crippen LogP contribution < -0.4 is 11.5 Å². The summed E-state index contributed by atoms with van der Waals surface area (Å²) in [6, 6.07) is 12.6. The molecule has 0 radical (unpaired) electrons. The van der Waals surface area contributed by atoms with Crippen molar-refractivity contribution in [3.8, 4) is 11.6 Å². The molecule has 0 aliphatic rings. The number of benzene rings is 1. The minimum atomic E-state index is -0.642. The summed E-state index contributed by atoms with van der Waals surface area (Å²) in [5, 5.41) is 8.10. The summed E-state index contributed by atoms with van der Waals surface area (Å²) in [5.74, 6) is 0.0129. The van der Waals surface area contributed by atoms with Gasteiger partial charge in [-0.3, -0.25) is 14.2 Å². The lowest BCUT2D eigenvalue weighted by molar-refractivity contribution is -0.118. The van der Waals surface area contributed by atoms with Crippen LogP contribution in [0.2, 0.25) is 0 Å². The summed E-state index contributed by atoms with van der Waals surface area (Å²) in [5.41, 5.74) is 11.6. The van der Waals surface area contributed by atoms with Gasteiger partial charge >= 0.3 is 0 Å². The highest BCUT2D eigenvalue weighted by Crippen LogP contribution is 2.35. The SMILES string of the molecule is NC(=O)CCn1c(SC(C(N)=O)c2ccccc2)nnc1-c1ccco1. The van der Waals surface area contributed by atoms with E-state index in [-0.39, 0.29) is 13.0 Å². The second-order valence-corrected chi connectivity index (χ2v) is 6.53. The quantitative estimate of drug-likeness (QED) is 0.580. The summed E-state index contributed by atoms with van der Waals surface area (Å²) in [4.78, 5) is 23.2. The summed E-state index contributed by atoms with van der Waals surface area (Å²) in [6.07, 6.45) is 1.62. The standard InChI is InChI=1S/C17H17N5O3S/c18-13(23)8-9-22-16(12-7-4-10-25-12)20-21-17(22)26-14(15(19)24)11-5-2-1-3-6-11/h1-7,10,14H,8-9H2,(H2,18,23)(H2,19,24). The first kappa shape index (κ1) is 17.7. The molecule has 9 heteroatoms. The van der Waals surface area contributed by atoms with Crippen LogP contribution in [0.15, 0.2) is 58.3 Å². The zero-order chi connectivity index (χ0) is 18.5. The molecule has 8 nitrogen and oxygen atoms in total. The average molecular weight is 371 g/mol. The van der Waals surface area contributed by atoms with Crippen LogP contribution in [-0.4, -0.2) is 26.6 Å². The normalized spacial score (nSPS) is 12.0. The number of primary amides is 2. The van der Waals surface area contributed by atoms with E-state index in [9.17, 15) is 9.59 Å². The number of thioether (sulfide) groups is 1. The second kappa shape index (κ2) is 7.87. The molecule has 0 spiro atoms. The zero-order valence-corrected chi connectivity index (χ0v) is 14.6. The lowest BCUT2D eigenvalue weighted by atomic mass is 10.1. The predicted octanol–water partition coefficient (Wildman–Crippen LogP) is 1.73. The van der Waals surface area contributed by atoms with Gasteiger partial charge in [-0.15, -0.1) is 10.2 Å². The van der Waals surface area contributed by atoms with Gasteiger partial charge in [0.25, 0.3) is 0 Å². The van der Waals surface area contributed by atoms with Crippen molar-refractivity contribution < 1.29 is 14.0 Å². The number of aromatic nitrogens is 3. The van der Waals surface area contributed by atoms with Crippen LogP contribution in [0.1, 0.15) is 17.2 Å². The molecule has 0 bridgehead atoms. The maximum absolute atomic E-state index is 12.0. The molecule has 3 rings (SSSR count). The molecule has 0 aliphatic heterocycles. The maximum atomic E-state index is 12.0. The van der Waals surface area contributed by atoms with E-state index in [2.05, 4.69) is 10.2 Å². The van der Waals surface area contributed by atoms with Crippen LogP contribution in [0.3, 0.4) is 0 Å². The molecule has 134 valence electrons. The zero-order valence-electron chi connectivity index (χ0n) is 13.7. The Morgan fingerprint density at radius 1 is 1.12 bits per heavy atom. The number of hydrogen-bond donors (Lipinski definition) is 2. The van der Waals surface area contributed by atoms with Crippen LogP contribution in [0.25, 0.3) is 11.6 Å². The lowest BCUT2D eigenvalue weighted by Gasteiger charge is -2.14. The van der Waals surface area contributed by atoms with Gasteiger partial charge < -0.3 is 15.9 Å². The fourth-order valence-corrected chi connectivity index (χ4v) is 3.42. The molecule has 1 unspecified atom stereocenters. The van der Waals surface area contributed by atoms with Crippen molar-refractivity contribution in [3.05, 3.63) is 54.3 Å². The number of amides is 2. The number of hydrogen-bond acceptors (Lipinski definition) is 6. The fourth-order valence-electron chi connectivity index (χ4n) is 2.41. The third-order valence-corrected chi connectivity index (χ3v) is 4.88. The fraction of sp³-hybridized carbons (Fsp3) is 0.176. The van der Waals surface area contributed by atoms with E-state index in [0.717, 1.165) is 5.56 Å². The Morgan fingerprint density at radius 3 is 2.50 bits per heavy atom. The van der Waals surface area contributed by atoms with Crippen LogP contribution >= 0.6 is 11.8 Å². The van der Waals surface area contributed by atoms with Crippen molar-refractivity contribution in [3.63, 3.8) is 0 Å². The molecule has 2 aromatic heterocycles. The molecule has 2 amide bonds. The van der Waals surface area contributed by atoms with Crippen molar-refractivity contribution in [1.29, 1.82) is 0 Å². The summed E-state index contributed by atoms with van der Waals surface area (Å²) in [7, 11) is 0. The van der Waals surface area contributed by atoms with Gasteiger partial charge in [0.15, 0.2) is 16.7 Å². The van der Waals surface area contributed by atoms with Crippen LogP contribution in [0.5, 0.6) is 0 Å². The Balaban J connectivity index is 1.95. The van der Waals surface area contributed by atoms with Crippen LogP contribution in [-0.2, 0) is 16.1 Å². The summed E-state index contributed by atoms with van der Waals surface area (Å²) in [6.45, 7) is 0.265. The molecule has 2 heterocycles. The van der Waals surface area contributed by atoms with E-state index in [1.807, 2.05) is 30.3 Å². The van der Waals surface area contributed by atoms with Gasteiger partial charge in [0.2, 0.25) is 11.8 Å². The Hall–Kier alpha value is -3.07. The lowest BCUT2D eigenvalue weighted by Crippen LogP contribution is -2.20. The summed E-state index contributed by atoms with van der Waals surface area (Å²) >= 11 is 1.17. The van der Waals surface area contributed by atoms with E-state index in [1.165, 1.54) is 18.0 Å². The highest BCUT2D eigenvalue weighted by molar-refractivity contribution is 8.00. The van der Waals surface area contributed by atoms with Crippen LogP contribution in [0, 0.1) is 0 Å². The Morgan fingerprint density at radius 2 is 1.88 bits per heavy atom. The Kier molecular flexibility index (Phi) is 5.37. The highest BCUT2D eigenvalue weighted by atomic mass is 32.2. The summed E-state index contributed by atoms with van der Waals surface area (Å²) < 4.78 is 7.08. The molecule has 3 aromatic rings. The number of carbonyl (C=O) groups is 2. The molecule has 26 heavy (non-hydrogen) atoms.